The van der Waals surface area contributed by atoms with Gasteiger partial charge >= 0.3 is 0 Å². The van der Waals surface area contributed by atoms with E-state index in [0.29, 0.717) is 32.0 Å². The summed E-state index contributed by atoms with van der Waals surface area (Å²) in [7, 11) is 0. The lowest BCUT2D eigenvalue weighted by molar-refractivity contribution is -0.141. The highest BCUT2D eigenvalue weighted by Gasteiger charge is 2.22. The third kappa shape index (κ3) is 6.87. The monoisotopic (exact) mass is 384 g/mol. The number of rotatable bonds is 10. The lowest BCUT2D eigenvalue weighted by atomic mass is 10.1. The first-order chi connectivity index (χ1) is 13.4. The van der Waals surface area contributed by atoms with Gasteiger partial charge in [-0.2, -0.15) is 0 Å². The van der Waals surface area contributed by atoms with Crippen LogP contribution in [0.3, 0.4) is 0 Å². The lowest BCUT2D eigenvalue weighted by Crippen LogP contribution is -2.43. The Kier molecular flexibility index (Phi) is 8.30. The zero-order valence-corrected chi connectivity index (χ0v) is 17.5. The molecular weight excluding hydrogens is 352 g/mol. The van der Waals surface area contributed by atoms with Gasteiger partial charge in [-0.3, -0.25) is 9.59 Å². The van der Waals surface area contributed by atoms with Crippen molar-refractivity contribution in [2.24, 2.45) is 5.92 Å². The van der Waals surface area contributed by atoms with Crippen LogP contribution in [0.4, 0.5) is 0 Å². The van der Waals surface area contributed by atoms with E-state index < -0.39 is 0 Å². The SMILES string of the molecule is CCCC(=O)N(CC(=O)N(Cc1ccccc1)Cc1ccc(C)o1)CC(C)C. The van der Waals surface area contributed by atoms with Crippen LogP contribution in [-0.2, 0) is 22.7 Å². The van der Waals surface area contributed by atoms with Gasteiger partial charge in [-0.05, 0) is 37.0 Å². The van der Waals surface area contributed by atoms with Gasteiger partial charge in [-0.1, -0.05) is 51.1 Å². The van der Waals surface area contributed by atoms with E-state index in [1.54, 1.807) is 9.80 Å². The second-order valence-corrected chi connectivity index (χ2v) is 7.67. The van der Waals surface area contributed by atoms with Gasteiger partial charge in [0.1, 0.15) is 11.5 Å². The molecule has 0 atom stereocenters. The van der Waals surface area contributed by atoms with Gasteiger partial charge < -0.3 is 14.2 Å². The van der Waals surface area contributed by atoms with Crippen LogP contribution in [0.1, 0.15) is 50.7 Å². The fourth-order valence-electron chi connectivity index (χ4n) is 3.12. The van der Waals surface area contributed by atoms with Crippen LogP contribution in [0.25, 0.3) is 0 Å². The van der Waals surface area contributed by atoms with Crippen molar-refractivity contribution >= 4 is 11.8 Å². The van der Waals surface area contributed by atoms with Gasteiger partial charge in [0.15, 0.2) is 0 Å². The molecule has 152 valence electrons. The van der Waals surface area contributed by atoms with E-state index in [1.807, 2.05) is 56.3 Å². The smallest absolute Gasteiger partial charge is 0.242 e. The van der Waals surface area contributed by atoms with Crippen LogP contribution in [-0.4, -0.2) is 34.7 Å². The summed E-state index contributed by atoms with van der Waals surface area (Å²) in [5, 5.41) is 0. The average molecular weight is 385 g/mol. The van der Waals surface area contributed by atoms with Crippen molar-refractivity contribution in [2.75, 3.05) is 13.1 Å². The molecule has 5 nitrogen and oxygen atoms in total. The predicted molar refractivity (Wildman–Crippen MR) is 110 cm³/mol. The van der Waals surface area contributed by atoms with Crippen LogP contribution in [0.2, 0.25) is 0 Å². The van der Waals surface area contributed by atoms with Crippen molar-refractivity contribution in [1.82, 2.24) is 9.80 Å². The normalized spacial score (nSPS) is 10.9. The van der Waals surface area contributed by atoms with Gasteiger partial charge in [0.2, 0.25) is 11.8 Å². The van der Waals surface area contributed by atoms with E-state index in [-0.39, 0.29) is 18.4 Å². The molecule has 1 heterocycles. The topological polar surface area (TPSA) is 53.8 Å². The molecule has 1 aromatic carbocycles. The zero-order valence-electron chi connectivity index (χ0n) is 17.5. The second kappa shape index (κ2) is 10.7. The Morgan fingerprint density at radius 1 is 0.964 bits per heavy atom. The third-order valence-electron chi connectivity index (χ3n) is 4.44. The molecular formula is C23H32N2O3. The van der Waals surface area contributed by atoms with E-state index >= 15 is 0 Å². The first-order valence-electron chi connectivity index (χ1n) is 10.0. The van der Waals surface area contributed by atoms with Gasteiger partial charge in [0.05, 0.1) is 13.1 Å². The Balaban J connectivity index is 2.16. The maximum Gasteiger partial charge on any atom is 0.242 e. The first-order valence-corrected chi connectivity index (χ1v) is 10.0. The number of hydrogen-bond donors (Lipinski definition) is 0. The van der Waals surface area contributed by atoms with E-state index in [4.69, 9.17) is 4.42 Å². The molecule has 0 radical (unpaired) electrons. The van der Waals surface area contributed by atoms with Gasteiger partial charge in [-0.25, -0.2) is 0 Å². The number of carbonyl (C=O) groups excluding carboxylic acids is 2. The molecule has 0 bridgehead atoms. The number of amides is 2. The summed E-state index contributed by atoms with van der Waals surface area (Å²) in [6.45, 7) is 9.55. The van der Waals surface area contributed by atoms with Gasteiger partial charge in [0, 0.05) is 19.5 Å². The van der Waals surface area contributed by atoms with E-state index in [0.717, 1.165) is 23.5 Å². The number of aryl methyl sites for hydroxylation is 1. The van der Waals surface area contributed by atoms with Gasteiger partial charge in [0.25, 0.3) is 0 Å². The molecule has 0 fully saturated rings. The van der Waals surface area contributed by atoms with Crippen molar-refractivity contribution in [3.05, 3.63) is 59.5 Å². The average Bonchev–Trinajstić information content (AvgIpc) is 3.06. The van der Waals surface area contributed by atoms with Crippen molar-refractivity contribution in [2.45, 2.75) is 53.6 Å². The summed E-state index contributed by atoms with van der Waals surface area (Å²) in [4.78, 5) is 29.1. The summed E-state index contributed by atoms with van der Waals surface area (Å²) in [6.07, 6.45) is 1.25. The molecule has 2 aromatic rings. The first kappa shape index (κ1) is 21.7. The minimum absolute atomic E-state index is 0.0399. The summed E-state index contributed by atoms with van der Waals surface area (Å²) < 4.78 is 5.68. The zero-order chi connectivity index (χ0) is 20.5. The van der Waals surface area contributed by atoms with E-state index in [1.165, 1.54) is 0 Å². The number of hydrogen-bond acceptors (Lipinski definition) is 3. The highest BCUT2D eigenvalue weighted by Crippen LogP contribution is 2.14. The molecule has 2 amide bonds. The van der Waals surface area contributed by atoms with Crippen molar-refractivity contribution in [3.8, 4) is 0 Å². The van der Waals surface area contributed by atoms with Crippen LogP contribution in [0, 0.1) is 12.8 Å². The Morgan fingerprint density at radius 2 is 1.68 bits per heavy atom. The number of carbonyl (C=O) groups is 2. The molecule has 1 aromatic heterocycles. The van der Waals surface area contributed by atoms with Crippen molar-refractivity contribution in [3.63, 3.8) is 0 Å². The fourth-order valence-corrected chi connectivity index (χ4v) is 3.12. The summed E-state index contributed by atoms with van der Waals surface area (Å²) >= 11 is 0. The van der Waals surface area contributed by atoms with Crippen molar-refractivity contribution < 1.29 is 14.0 Å². The Hall–Kier alpha value is -2.56. The van der Waals surface area contributed by atoms with Crippen molar-refractivity contribution in [1.29, 1.82) is 0 Å². The maximum absolute atomic E-state index is 13.1. The van der Waals surface area contributed by atoms with Gasteiger partial charge in [-0.15, -0.1) is 0 Å². The lowest BCUT2D eigenvalue weighted by Gasteiger charge is -2.28. The minimum Gasteiger partial charge on any atom is -0.464 e. The summed E-state index contributed by atoms with van der Waals surface area (Å²) in [6, 6.07) is 13.7. The Morgan fingerprint density at radius 3 is 2.25 bits per heavy atom. The van der Waals surface area contributed by atoms with Crippen LogP contribution >= 0.6 is 0 Å². The van der Waals surface area contributed by atoms with Crippen LogP contribution in [0.5, 0.6) is 0 Å². The summed E-state index contributed by atoms with van der Waals surface area (Å²) in [5.41, 5.74) is 1.05. The molecule has 0 saturated heterocycles. The molecule has 2 rings (SSSR count). The molecule has 0 saturated carbocycles. The molecule has 5 heteroatoms. The molecule has 0 N–H and O–H groups in total. The highest BCUT2D eigenvalue weighted by molar-refractivity contribution is 5.84. The van der Waals surface area contributed by atoms with Crippen LogP contribution in [0.15, 0.2) is 46.9 Å². The third-order valence-corrected chi connectivity index (χ3v) is 4.44. The molecule has 0 aliphatic carbocycles. The number of nitrogens with zero attached hydrogens (tertiary/aromatic N) is 2. The molecule has 0 unspecified atom stereocenters. The molecule has 0 aliphatic rings. The van der Waals surface area contributed by atoms with E-state index in [2.05, 4.69) is 13.8 Å². The number of furan rings is 1. The highest BCUT2D eigenvalue weighted by atomic mass is 16.3. The second-order valence-electron chi connectivity index (χ2n) is 7.67. The molecule has 28 heavy (non-hydrogen) atoms. The standard InChI is InChI=1S/C23H32N2O3/c1-5-9-22(26)24(14-18(2)3)17-23(27)25(15-20-10-7-6-8-11-20)16-21-13-12-19(4)28-21/h6-8,10-13,18H,5,9,14-17H2,1-4H3. The molecule has 0 aliphatic heterocycles. The largest absolute Gasteiger partial charge is 0.464 e. The number of benzene rings is 1. The molecule has 0 spiro atoms. The predicted octanol–water partition coefficient (Wildman–Crippen LogP) is 4.40. The van der Waals surface area contributed by atoms with Crippen LogP contribution < -0.4 is 0 Å². The fraction of sp³-hybridized carbons (Fsp3) is 0.478. The minimum atomic E-state index is -0.0667. The van der Waals surface area contributed by atoms with E-state index in [9.17, 15) is 9.59 Å². The quantitative estimate of drug-likeness (QED) is 0.610. The Labute approximate surface area is 168 Å². The summed E-state index contributed by atoms with van der Waals surface area (Å²) in [5.74, 6) is 1.85. The Bertz CT molecular complexity index is 752. The maximum atomic E-state index is 13.1.